The van der Waals surface area contributed by atoms with E-state index in [1.165, 1.54) is 17.6 Å². The molecule has 102 valence electrons. The molecule has 1 amide bonds. The maximum atomic E-state index is 12.0. The highest BCUT2D eigenvalue weighted by Gasteiger charge is 2.14. The van der Waals surface area contributed by atoms with Crippen molar-refractivity contribution in [1.82, 2.24) is 10.3 Å². The van der Waals surface area contributed by atoms with Gasteiger partial charge >= 0.3 is 0 Å². The fraction of sp³-hybridized carbons (Fsp3) is 0.385. The van der Waals surface area contributed by atoms with Crippen LogP contribution in [0.3, 0.4) is 0 Å². The third kappa shape index (κ3) is 3.21. The van der Waals surface area contributed by atoms with Gasteiger partial charge in [0.1, 0.15) is 5.76 Å². The van der Waals surface area contributed by atoms with E-state index in [1.807, 2.05) is 19.2 Å². The smallest absolute Gasteiger partial charge is 0.260 e. The molecule has 0 spiro atoms. The summed E-state index contributed by atoms with van der Waals surface area (Å²) in [7, 11) is 0. The number of furan rings is 1. The van der Waals surface area contributed by atoms with Crippen molar-refractivity contribution in [1.29, 1.82) is 0 Å². The lowest BCUT2D eigenvalue weighted by molar-refractivity contribution is 0.102. The molecule has 0 saturated carbocycles. The van der Waals surface area contributed by atoms with E-state index in [0.29, 0.717) is 16.5 Å². The van der Waals surface area contributed by atoms with Gasteiger partial charge < -0.3 is 9.73 Å². The monoisotopic (exact) mass is 279 g/mol. The number of aromatic nitrogens is 1. The molecule has 2 heterocycles. The number of aryl methyl sites for hydroxylation is 1. The average molecular weight is 279 g/mol. The summed E-state index contributed by atoms with van der Waals surface area (Å²) in [5.74, 6) is 0.415. The molecule has 0 aliphatic rings. The Balaban J connectivity index is 2.04. The number of anilines is 1. The van der Waals surface area contributed by atoms with Gasteiger partial charge in [-0.05, 0) is 26.5 Å². The molecule has 0 bridgehead atoms. The van der Waals surface area contributed by atoms with Crippen LogP contribution in [0.5, 0.6) is 0 Å². The minimum absolute atomic E-state index is 0.183. The van der Waals surface area contributed by atoms with Gasteiger partial charge in [-0.25, -0.2) is 4.98 Å². The summed E-state index contributed by atoms with van der Waals surface area (Å²) in [6, 6.07) is 1.84. The molecule has 5 nitrogen and oxygen atoms in total. The second kappa shape index (κ2) is 5.99. The molecule has 0 radical (unpaired) electrons. The molecule has 2 aromatic rings. The van der Waals surface area contributed by atoms with E-state index >= 15 is 0 Å². The second-order valence-electron chi connectivity index (χ2n) is 4.20. The first-order valence-electron chi connectivity index (χ1n) is 6.16. The Hall–Kier alpha value is -1.66. The molecule has 6 heteroatoms. The molecule has 19 heavy (non-hydrogen) atoms. The van der Waals surface area contributed by atoms with E-state index < -0.39 is 0 Å². The molecular formula is C13H17N3O2S. The lowest BCUT2D eigenvalue weighted by Gasteiger charge is -2.08. The highest BCUT2D eigenvalue weighted by molar-refractivity contribution is 7.14. The van der Waals surface area contributed by atoms with Crippen LogP contribution in [0.2, 0.25) is 0 Å². The zero-order chi connectivity index (χ0) is 13.8. The zero-order valence-corrected chi connectivity index (χ0v) is 12.0. The summed E-state index contributed by atoms with van der Waals surface area (Å²) in [4.78, 5) is 16.4. The number of nitrogens with zero attached hydrogens (tertiary/aromatic N) is 1. The number of carbonyl (C=O) groups is 1. The first-order valence-corrected chi connectivity index (χ1v) is 7.04. The second-order valence-corrected chi connectivity index (χ2v) is 5.06. The molecule has 1 unspecified atom stereocenters. The number of amides is 1. The third-order valence-corrected chi connectivity index (χ3v) is 3.58. The van der Waals surface area contributed by atoms with Crippen molar-refractivity contribution in [3.05, 3.63) is 34.7 Å². The van der Waals surface area contributed by atoms with Crippen molar-refractivity contribution in [3.8, 4) is 0 Å². The maximum absolute atomic E-state index is 12.0. The predicted octanol–water partition coefficient (Wildman–Crippen LogP) is 2.97. The van der Waals surface area contributed by atoms with E-state index in [1.54, 1.807) is 13.0 Å². The molecule has 0 aromatic carbocycles. The Morgan fingerprint density at radius 3 is 3.00 bits per heavy atom. The van der Waals surface area contributed by atoms with Crippen molar-refractivity contribution in [2.75, 3.05) is 11.9 Å². The zero-order valence-electron chi connectivity index (χ0n) is 11.2. The predicted molar refractivity (Wildman–Crippen MR) is 75.6 cm³/mol. The molecule has 0 aliphatic carbocycles. The number of nitrogens with one attached hydrogen (secondary N) is 2. The van der Waals surface area contributed by atoms with Crippen LogP contribution < -0.4 is 10.6 Å². The quantitative estimate of drug-likeness (QED) is 0.883. The van der Waals surface area contributed by atoms with Gasteiger partial charge in [-0.15, -0.1) is 11.3 Å². The minimum atomic E-state index is -0.191. The van der Waals surface area contributed by atoms with Gasteiger partial charge in [0, 0.05) is 11.4 Å². The minimum Gasteiger partial charge on any atom is -0.469 e. The fourth-order valence-corrected chi connectivity index (χ4v) is 2.54. The van der Waals surface area contributed by atoms with Crippen molar-refractivity contribution in [2.24, 2.45) is 0 Å². The van der Waals surface area contributed by atoms with E-state index in [-0.39, 0.29) is 11.9 Å². The summed E-state index contributed by atoms with van der Waals surface area (Å²) in [6.07, 6.45) is 1.50. The first-order chi connectivity index (χ1) is 9.11. The number of carbonyl (C=O) groups excluding carboxylic acids is 1. The van der Waals surface area contributed by atoms with Crippen LogP contribution >= 0.6 is 11.3 Å². The average Bonchev–Trinajstić information content (AvgIpc) is 2.98. The van der Waals surface area contributed by atoms with Crippen molar-refractivity contribution >= 4 is 22.4 Å². The largest absolute Gasteiger partial charge is 0.469 e. The highest BCUT2D eigenvalue weighted by atomic mass is 32.1. The Bertz CT molecular complexity index is 562. The molecule has 2 N–H and O–H groups in total. The standard InChI is InChI=1S/C13H17N3O2S/c1-4-14-8(2)11-7-19-13(15-11)16-12(17)10-5-6-18-9(10)3/h5-8,14H,4H2,1-3H3,(H,15,16,17). The van der Waals surface area contributed by atoms with Crippen LogP contribution in [0.4, 0.5) is 5.13 Å². The van der Waals surface area contributed by atoms with Crippen molar-refractivity contribution in [3.63, 3.8) is 0 Å². The number of hydrogen-bond donors (Lipinski definition) is 2. The summed E-state index contributed by atoms with van der Waals surface area (Å²) in [5, 5.41) is 8.62. The summed E-state index contributed by atoms with van der Waals surface area (Å²) < 4.78 is 5.11. The van der Waals surface area contributed by atoms with E-state index in [0.717, 1.165) is 12.2 Å². The summed E-state index contributed by atoms with van der Waals surface area (Å²) >= 11 is 1.42. The number of rotatable bonds is 5. The highest BCUT2D eigenvalue weighted by Crippen LogP contribution is 2.21. The van der Waals surface area contributed by atoms with Crippen molar-refractivity contribution in [2.45, 2.75) is 26.8 Å². The Morgan fingerprint density at radius 1 is 1.58 bits per heavy atom. The van der Waals surface area contributed by atoms with E-state index in [9.17, 15) is 4.79 Å². The summed E-state index contributed by atoms with van der Waals surface area (Å²) in [5.41, 5.74) is 1.47. The fourth-order valence-electron chi connectivity index (χ4n) is 1.74. The lowest BCUT2D eigenvalue weighted by atomic mass is 10.2. The Kier molecular flexibility index (Phi) is 4.34. The van der Waals surface area contributed by atoms with Crippen LogP contribution in [-0.4, -0.2) is 17.4 Å². The van der Waals surface area contributed by atoms with Gasteiger partial charge in [0.15, 0.2) is 5.13 Å². The molecular weight excluding hydrogens is 262 g/mol. The molecule has 1 atom stereocenters. The van der Waals surface area contributed by atoms with Gasteiger partial charge in [0.2, 0.25) is 0 Å². The SMILES string of the molecule is CCNC(C)c1csc(NC(=O)c2ccoc2C)n1. The molecule has 0 fully saturated rings. The van der Waals surface area contributed by atoms with Gasteiger partial charge in [0.05, 0.1) is 17.5 Å². The molecule has 2 aromatic heterocycles. The normalized spacial score (nSPS) is 12.4. The van der Waals surface area contributed by atoms with Crippen molar-refractivity contribution < 1.29 is 9.21 Å². The van der Waals surface area contributed by atoms with Crippen LogP contribution in [0.25, 0.3) is 0 Å². The Morgan fingerprint density at radius 2 is 2.37 bits per heavy atom. The topological polar surface area (TPSA) is 67.2 Å². The van der Waals surface area contributed by atoms with Gasteiger partial charge in [-0.1, -0.05) is 6.92 Å². The van der Waals surface area contributed by atoms with Gasteiger partial charge in [-0.2, -0.15) is 0 Å². The van der Waals surface area contributed by atoms with Crippen LogP contribution in [0.1, 0.15) is 41.7 Å². The number of hydrogen-bond acceptors (Lipinski definition) is 5. The van der Waals surface area contributed by atoms with Crippen LogP contribution in [0.15, 0.2) is 22.1 Å². The third-order valence-electron chi connectivity index (χ3n) is 2.80. The van der Waals surface area contributed by atoms with Gasteiger partial charge in [0.25, 0.3) is 5.91 Å². The van der Waals surface area contributed by atoms with E-state index in [4.69, 9.17) is 4.42 Å². The lowest BCUT2D eigenvalue weighted by Crippen LogP contribution is -2.18. The molecule has 0 aliphatic heterocycles. The van der Waals surface area contributed by atoms with E-state index in [2.05, 4.69) is 15.6 Å². The summed E-state index contributed by atoms with van der Waals surface area (Å²) in [6.45, 7) is 6.74. The number of thiazole rings is 1. The van der Waals surface area contributed by atoms with Gasteiger partial charge in [-0.3, -0.25) is 10.1 Å². The van der Waals surface area contributed by atoms with Crippen LogP contribution in [-0.2, 0) is 0 Å². The molecule has 0 saturated heterocycles. The maximum Gasteiger partial charge on any atom is 0.260 e. The first kappa shape index (κ1) is 13.8. The van der Waals surface area contributed by atoms with Crippen LogP contribution in [0, 0.1) is 6.92 Å². The molecule has 2 rings (SSSR count). The Labute approximate surface area is 116 Å².